The molecule has 0 aliphatic carbocycles. The summed E-state index contributed by atoms with van der Waals surface area (Å²) in [5.41, 5.74) is 5.47. The highest BCUT2D eigenvalue weighted by Gasteiger charge is 2.42. The van der Waals surface area contributed by atoms with Crippen LogP contribution in [0.4, 0.5) is 4.39 Å². The predicted molar refractivity (Wildman–Crippen MR) is 143 cm³/mol. The van der Waals surface area contributed by atoms with Crippen molar-refractivity contribution in [2.75, 3.05) is 13.1 Å². The molecule has 1 atom stereocenters. The van der Waals surface area contributed by atoms with Crippen LogP contribution in [-0.2, 0) is 19.4 Å². The fraction of sp³-hybridized carbons (Fsp3) is 0.345. The average molecular weight is 534 g/mol. The van der Waals surface area contributed by atoms with Gasteiger partial charge in [-0.15, -0.1) is 5.10 Å². The summed E-state index contributed by atoms with van der Waals surface area (Å²) in [6.45, 7) is 6.55. The maximum Gasteiger partial charge on any atom is 0.278 e. The number of para-hydroxylation sites is 1. The Hall–Kier alpha value is -3.49. The first-order valence-corrected chi connectivity index (χ1v) is 13.2. The quantitative estimate of drug-likeness (QED) is 0.313. The minimum atomic E-state index is -1.24. The van der Waals surface area contributed by atoms with Crippen molar-refractivity contribution in [1.82, 2.24) is 24.9 Å². The summed E-state index contributed by atoms with van der Waals surface area (Å²) in [5.74, 6) is -0.00887. The Bertz CT molecular complexity index is 1500. The number of rotatable bonds is 5. The third kappa shape index (κ3) is 4.63. The maximum absolute atomic E-state index is 14.7. The van der Waals surface area contributed by atoms with E-state index in [9.17, 15) is 4.39 Å². The molecular formula is C29H29ClFN5O2. The lowest BCUT2D eigenvalue weighted by atomic mass is 9.88. The zero-order valence-corrected chi connectivity index (χ0v) is 22.4. The number of halogens is 2. The molecule has 0 saturated carbocycles. The van der Waals surface area contributed by atoms with Crippen LogP contribution in [0.25, 0.3) is 11.3 Å². The molecule has 1 saturated heterocycles. The van der Waals surface area contributed by atoms with Crippen molar-refractivity contribution >= 4 is 11.6 Å². The lowest BCUT2D eigenvalue weighted by molar-refractivity contribution is -0.0712. The Morgan fingerprint density at radius 2 is 1.95 bits per heavy atom. The smallest absolute Gasteiger partial charge is 0.278 e. The molecule has 0 N–H and O–H groups in total. The van der Waals surface area contributed by atoms with Crippen LogP contribution in [0.15, 0.2) is 54.9 Å². The second-order valence-electron chi connectivity index (χ2n) is 10.3. The number of pyridine rings is 1. The highest BCUT2D eigenvalue weighted by Crippen LogP contribution is 2.49. The van der Waals surface area contributed by atoms with Gasteiger partial charge in [0, 0.05) is 42.9 Å². The molecule has 1 fully saturated rings. The molecule has 7 nitrogen and oxygen atoms in total. The molecule has 0 radical (unpaired) electrons. The van der Waals surface area contributed by atoms with E-state index < -0.39 is 11.6 Å². The molecule has 2 aliphatic rings. The van der Waals surface area contributed by atoms with Crippen molar-refractivity contribution < 1.29 is 13.9 Å². The topological polar surface area (TPSA) is 65.3 Å². The number of ether oxygens (including phenoxy) is 2. The summed E-state index contributed by atoms with van der Waals surface area (Å²) in [6, 6.07) is 12.7. The standard InChI is InChI=1S/C29H29ClFN5O2/c1-18-13-20(26-16-35(3)34-33-26)15-32-25(18)17-36-11-9-19(10-12-36)22-5-4-6-27-28(22)38-29(2,37-27)23-8-7-21(30)14-24(23)31/h4-8,13-16,19H,9-12,17H2,1-3H3. The molecular weight excluding hydrogens is 505 g/mol. The molecule has 1 unspecified atom stereocenters. The second kappa shape index (κ2) is 9.67. The van der Waals surface area contributed by atoms with Crippen molar-refractivity contribution in [2.45, 2.75) is 44.9 Å². The Morgan fingerprint density at radius 1 is 1.13 bits per heavy atom. The fourth-order valence-corrected chi connectivity index (χ4v) is 5.60. The fourth-order valence-electron chi connectivity index (χ4n) is 5.44. The molecule has 4 heterocycles. The summed E-state index contributed by atoms with van der Waals surface area (Å²) in [4.78, 5) is 7.19. The van der Waals surface area contributed by atoms with Crippen molar-refractivity contribution in [3.8, 4) is 22.8 Å². The van der Waals surface area contributed by atoms with Gasteiger partial charge in [0.2, 0.25) is 0 Å². The van der Waals surface area contributed by atoms with Crippen molar-refractivity contribution in [1.29, 1.82) is 0 Å². The van der Waals surface area contributed by atoms with Crippen LogP contribution >= 0.6 is 11.6 Å². The summed E-state index contributed by atoms with van der Waals surface area (Å²) in [5, 5.41) is 8.54. The van der Waals surface area contributed by atoms with Gasteiger partial charge in [-0.2, -0.15) is 0 Å². The molecule has 38 heavy (non-hydrogen) atoms. The molecule has 2 aromatic carbocycles. The van der Waals surface area contributed by atoms with Gasteiger partial charge < -0.3 is 9.47 Å². The van der Waals surface area contributed by atoms with E-state index in [1.165, 1.54) is 6.07 Å². The highest BCUT2D eigenvalue weighted by atomic mass is 35.5. The first-order valence-electron chi connectivity index (χ1n) is 12.8. The number of aromatic nitrogens is 4. The monoisotopic (exact) mass is 533 g/mol. The summed E-state index contributed by atoms with van der Waals surface area (Å²) < 4.78 is 28.9. The maximum atomic E-state index is 14.7. The minimum Gasteiger partial charge on any atom is -0.444 e. The van der Waals surface area contributed by atoms with Crippen molar-refractivity contribution in [3.63, 3.8) is 0 Å². The Balaban J connectivity index is 1.13. The van der Waals surface area contributed by atoms with Crippen LogP contribution in [0, 0.1) is 12.7 Å². The lowest BCUT2D eigenvalue weighted by Gasteiger charge is -2.32. The number of nitrogens with zero attached hydrogens (tertiary/aromatic N) is 5. The molecule has 0 bridgehead atoms. The van der Waals surface area contributed by atoms with E-state index in [1.54, 1.807) is 23.7 Å². The third-order valence-corrected chi connectivity index (χ3v) is 7.75. The molecule has 0 amide bonds. The highest BCUT2D eigenvalue weighted by molar-refractivity contribution is 6.30. The van der Waals surface area contributed by atoms with Gasteiger partial charge >= 0.3 is 0 Å². The molecule has 196 valence electrons. The van der Waals surface area contributed by atoms with Crippen LogP contribution in [0.2, 0.25) is 5.02 Å². The Morgan fingerprint density at radius 3 is 2.66 bits per heavy atom. The van der Waals surface area contributed by atoms with Gasteiger partial charge in [-0.05, 0) is 74.7 Å². The number of benzene rings is 2. The zero-order valence-electron chi connectivity index (χ0n) is 21.6. The van der Waals surface area contributed by atoms with E-state index in [-0.39, 0.29) is 0 Å². The third-order valence-electron chi connectivity index (χ3n) is 7.52. The van der Waals surface area contributed by atoms with Crippen LogP contribution < -0.4 is 9.47 Å². The van der Waals surface area contributed by atoms with Crippen LogP contribution in [-0.4, -0.2) is 38.0 Å². The number of aryl methyl sites for hydroxylation is 2. The van der Waals surface area contributed by atoms with Crippen LogP contribution in [0.1, 0.15) is 48.1 Å². The van der Waals surface area contributed by atoms with E-state index in [1.807, 2.05) is 31.6 Å². The van der Waals surface area contributed by atoms with Gasteiger partial charge in [0.15, 0.2) is 11.5 Å². The van der Waals surface area contributed by atoms with Crippen molar-refractivity contribution in [2.24, 2.45) is 7.05 Å². The first-order chi connectivity index (χ1) is 18.3. The summed E-state index contributed by atoms with van der Waals surface area (Å²) in [7, 11) is 1.86. The Kier molecular flexibility index (Phi) is 6.32. The normalized spacial score (nSPS) is 19.7. The van der Waals surface area contributed by atoms with E-state index in [4.69, 9.17) is 26.1 Å². The molecule has 2 aromatic heterocycles. The average Bonchev–Trinajstić information content (AvgIpc) is 3.48. The lowest BCUT2D eigenvalue weighted by Crippen LogP contribution is -2.34. The number of hydrogen-bond acceptors (Lipinski definition) is 6. The van der Waals surface area contributed by atoms with Gasteiger partial charge in [0.05, 0.1) is 17.5 Å². The molecule has 0 spiro atoms. The van der Waals surface area contributed by atoms with E-state index in [0.717, 1.165) is 60.6 Å². The molecule has 6 rings (SSSR count). The van der Waals surface area contributed by atoms with Gasteiger partial charge in [-0.3, -0.25) is 14.6 Å². The van der Waals surface area contributed by atoms with Crippen molar-refractivity contribution in [3.05, 3.63) is 88.1 Å². The number of fused-ring (bicyclic) bond motifs is 1. The van der Waals surface area contributed by atoms with E-state index >= 15 is 0 Å². The van der Waals surface area contributed by atoms with E-state index in [0.29, 0.717) is 28.0 Å². The second-order valence-corrected chi connectivity index (χ2v) is 10.7. The van der Waals surface area contributed by atoms with Crippen LogP contribution in [0.3, 0.4) is 0 Å². The minimum absolute atomic E-state index is 0.326. The number of hydrogen-bond donors (Lipinski definition) is 0. The van der Waals surface area contributed by atoms with Gasteiger partial charge in [0.25, 0.3) is 5.79 Å². The van der Waals surface area contributed by atoms with E-state index in [2.05, 4.69) is 34.3 Å². The van der Waals surface area contributed by atoms with Gasteiger partial charge in [0.1, 0.15) is 11.5 Å². The van der Waals surface area contributed by atoms with Crippen LogP contribution in [0.5, 0.6) is 11.5 Å². The van der Waals surface area contributed by atoms with Gasteiger partial charge in [-0.1, -0.05) is 28.9 Å². The van der Waals surface area contributed by atoms with Gasteiger partial charge in [-0.25, -0.2) is 4.39 Å². The summed E-state index contributed by atoms with van der Waals surface area (Å²) >= 11 is 5.95. The largest absolute Gasteiger partial charge is 0.444 e. The first kappa shape index (κ1) is 24.8. The SMILES string of the molecule is Cc1cc(-c2cn(C)nn2)cnc1CN1CCC(c2cccc3c2OC(C)(c2ccc(Cl)cc2F)O3)CC1. The number of piperidine rings is 1. The summed E-state index contributed by atoms with van der Waals surface area (Å²) in [6.07, 6.45) is 5.75. The molecule has 4 aromatic rings. The predicted octanol–water partition coefficient (Wildman–Crippen LogP) is 6.00. The zero-order chi connectivity index (χ0) is 26.4. The Labute approximate surface area is 226 Å². The number of likely N-dealkylation sites (tertiary alicyclic amines) is 1. The molecule has 9 heteroatoms. The molecule has 2 aliphatic heterocycles.